The van der Waals surface area contributed by atoms with Crippen LogP contribution >= 0.6 is 0 Å². The molecule has 0 bridgehead atoms. The number of rotatable bonds is 14. The van der Waals surface area contributed by atoms with Crippen molar-refractivity contribution in [2.45, 2.75) is 225 Å². The highest BCUT2D eigenvalue weighted by atomic mass is 16.8. The minimum atomic E-state index is -1.43. The average molecular weight is 874 g/mol. The van der Waals surface area contributed by atoms with Crippen LogP contribution in [0.15, 0.2) is 12.2 Å². The Morgan fingerprint density at radius 1 is 0.952 bits per heavy atom. The first-order chi connectivity index (χ1) is 28.8. The maximum absolute atomic E-state index is 14.8. The third-order valence-corrected chi connectivity index (χ3v) is 16.3. The van der Waals surface area contributed by atoms with Gasteiger partial charge in [0.2, 0.25) is 0 Å². The molecule has 0 radical (unpaired) electrons. The van der Waals surface area contributed by atoms with E-state index in [-0.39, 0.29) is 29.6 Å². The molecule has 1 amide bonds. The van der Waals surface area contributed by atoms with E-state index in [4.69, 9.17) is 34.8 Å². The molecule has 0 aliphatic carbocycles. The molecule has 4 saturated heterocycles. The van der Waals surface area contributed by atoms with Crippen LogP contribution in [0.25, 0.3) is 0 Å². The fourth-order valence-electron chi connectivity index (χ4n) is 11.3. The van der Waals surface area contributed by atoms with Gasteiger partial charge in [0.1, 0.15) is 11.8 Å². The van der Waals surface area contributed by atoms with Crippen LogP contribution in [-0.4, -0.2) is 104 Å². The molecule has 5 aliphatic heterocycles. The average Bonchev–Trinajstić information content (AvgIpc) is 3.56. The molecule has 5 aliphatic rings. The van der Waals surface area contributed by atoms with E-state index in [1.807, 2.05) is 60.6 Å². The number of carbonyl (C=O) groups excluding carboxylic acids is 2. The molecule has 1 unspecified atom stereocenters. The lowest BCUT2D eigenvalue weighted by atomic mass is 9.68. The first-order valence-corrected chi connectivity index (χ1v) is 23.5. The zero-order valence-corrected chi connectivity index (χ0v) is 39.8. The third kappa shape index (κ3) is 9.54. The maximum Gasteiger partial charge on any atom is 0.409 e. The van der Waals surface area contributed by atoms with Gasteiger partial charge in [-0.25, -0.2) is 4.79 Å². The summed E-state index contributed by atoms with van der Waals surface area (Å²) in [7, 11) is 0. The number of terminal acetylenes is 1. The molecule has 0 aromatic rings. The highest BCUT2D eigenvalue weighted by molar-refractivity contribution is 5.84. The van der Waals surface area contributed by atoms with Gasteiger partial charge in [-0.15, -0.1) is 6.42 Å². The van der Waals surface area contributed by atoms with Crippen molar-refractivity contribution in [3.8, 4) is 12.3 Å². The van der Waals surface area contributed by atoms with Gasteiger partial charge in [0.15, 0.2) is 17.2 Å². The summed E-state index contributed by atoms with van der Waals surface area (Å²) in [5.41, 5.74) is -3.81. The number of alkyl carbamates (subject to hydrolysis) is 1. The molecule has 0 aromatic heterocycles. The molecular weight excluding hydrogens is 795 g/mol. The number of carboxylic acid groups (broad SMARTS) is 1. The van der Waals surface area contributed by atoms with E-state index in [1.165, 1.54) is 0 Å². The summed E-state index contributed by atoms with van der Waals surface area (Å²) in [6.07, 6.45) is 11.2. The van der Waals surface area contributed by atoms with Crippen LogP contribution in [0.1, 0.15) is 154 Å². The molecule has 4 N–H and O–H groups in total. The lowest BCUT2D eigenvalue weighted by molar-refractivity contribution is -0.398. The van der Waals surface area contributed by atoms with E-state index in [1.54, 1.807) is 20.8 Å². The number of ketones is 1. The number of aliphatic carboxylic acids is 1. The fraction of sp³-hybridized carbons (Fsp3) is 0.857. The zero-order chi connectivity index (χ0) is 46.4. The molecule has 13 heteroatoms. The number of hydrogen-bond donors (Lipinski definition) is 4. The van der Waals surface area contributed by atoms with Gasteiger partial charge in [0, 0.05) is 30.1 Å². The van der Waals surface area contributed by atoms with Crippen LogP contribution < -0.4 is 5.32 Å². The van der Waals surface area contributed by atoms with E-state index < -0.39 is 100 Å². The Hall–Kier alpha value is -2.57. The normalized spacial score (nSPS) is 42.4. The van der Waals surface area contributed by atoms with E-state index in [9.17, 15) is 29.7 Å². The Balaban J connectivity index is 1.42. The lowest BCUT2D eigenvalue weighted by Crippen LogP contribution is -2.66. The van der Waals surface area contributed by atoms with E-state index >= 15 is 0 Å². The summed E-state index contributed by atoms with van der Waals surface area (Å²) >= 11 is 0. The van der Waals surface area contributed by atoms with Crippen molar-refractivity contribution in [2.75, 3.05) is 0 Å². The van der Waals surface area contributed by atoms with Gasteiger partial charge < -0.3 is 49.1 Å². The van der Waals surface area contributed by atoms with Gasteiger partial charge in [-0.2, -0.15) is 0 Å². The number of amides is 1. The number of carbonyl (C=O) groups is 3. The Morgan fingerprint density at radius 2 is 1.61 bits per heavy atom. The van der Waals surface area contributed by atoms with Crippen molar-refractivity contribution in [2.24, 2.45) is 41.4 Å². The first kappa shape index (κ1) is 50.4. The fourth-order valence-corrected chi connectivity index (χ4v) is 11.3. The smallest absolute Gasteiger partial charge is 0.409 e. The molecule has 4 fully saturated rings. The molecule has 2 spiro atoms. The van der Waals surface area contributed by atoms with Crippen LogP contribution in [0, 0.1) is 53.8 Å². The van der Waals surface area contributed by atoms with Crippen molar-refractivity contribution < 1.29 is 58.1 Å². The van der Waals surface area contributed by atoms with Gasteiger partial charge in [0.25, 0.3) is 0 Å². The van der Waals surface area contributed by atoms with Crippen molar-refractivity contribution in [1.82, 2.24) is 5.32 Å². The van der Waals surface area contributed by atoms with Gasteiger partial charge >= 0.3 is 12.1 Å². The molecule has 5 rings (SSSR count). The number of ether oxygens (including phenoxy) is 6. The van der Waals surface area contributed by atoms with Gasteiger partial charge in [-0.3, -0.25) is 9.59 Å². The van der Waals surface area contributed by atoms with Crippen LogP contribution in [-0.2, 0) is 38.0 Å². The highest BCUT2D eigenvalue weighted by Gasteiger charge is 2.64. The quantitative estimate of drug-likeness (QED) is 0.0988. The molecule has 0 saturated carbocycles. The third-order valence-electron chi connectivity index (χ3n) is 16.3. The van der Waals surface area contributed by atoms with E-state index in [0.29, 0.717) is 57.8 Å². The minimum absolute atomic E-state index is 0.0286. The van der Waals surface area contributed by atoms with E-state index in [0.717, 1.165) is 6.42 Å². The summed E-state index contributed by atoms with van der Waals surface area (Å²) in [5, 5.41) is 36.1. The number of aliphatic hydroxyl groups excluding tert-OH is 1. The second-order valence-electron chi connectivity index (χ2n) is 20.7. The molecule has 13 nitrogen and oxygen atoms in total. The second kappa shape index (κ2) is 18.7. The van der Waals surface area contributed by atoms with Gasteiger partial charge in [-0.05, 0) is 110 Å². The molecule has 5 heterocycles. The Morgan fingerprint density at radius 3 is 2.19 bits per heavy atom. The van der Waals surface area contributed by atoms with Crippen molar-refractivity contribution in [3.05, 3.63) is 12.2 Å². The van der Waals surface area contributed by atoms with Crippen LogP contribution in [0.3, 0.4) is 0 Å². The van der Waals surface area contributed by atoms with Crippen molar-refractivity contribution in [3.63, 3.8) is 0 Å². The standard InChI is InChI=1S/C49H79NO12/c1-15-34(42(53)54)36-20-19-29(6)46(14,58-36)32(9)39(51)31(8)40(52)35(16-2)41-28(5)27-30(7)48(59-41)24-21-37(50-43(55)60-44(11,12)17-3)49(62-48)26-25-45(13,61-49)38-22-23-47(56,18-4)33(10)57-38/h3,21,24,28-39,41,51,56H,15-16,18-20,22-23,25-27H2,1-2,4-14H3,(H,50,55)(H,53,54)/t28-,29-,30+,31-,32-,33-,34+,35-,36+,37+,38+,39+,41-,45-,46?,47+,48-,49-/m0/s1. The summed E-state index contributed by atoms with van der Waals surface area (Å²) in [6, 6.07) is -0.813. The number of hydrogen-bond acceptors (Lipinski definition) is 11. The number of aliphatic hydroxyl groups is 2. The predicted octanol–water partition coefficient (Wildman–Crippen LogP) is 7.72. The molecule has 62 heavy (non-hydrogen) atoms. The molecular formula is C49H79NO12. The molecule has 352 valence electrons. The van der Waals surface area contributed by atoms with Crippen LogP contribution in [0.4, 0.5) is 4.79 Å². The summed E-state index contributed by atoms with van der Waals surface area (Å²) < 4.78 is 40.2. The topological polar surface area (TPSA) is 179 Å². The van der Waals surface area contributed by atoms with Crippen molar-refractivity contribution in [1.29, 1.82) is 0 Å². The van der Waals surface area contributed by atoms with Crippen LogP contribution in [0.5, 0.6) is 0 Å². The Bertz CT molecular complexity index is 1700. The summed E-state index contributed by atoms with van der Waals surface area (Å²) in [5.74, 6) is -4.02. The largest absolute Gasteiger partial charge is 0.481 e. The zero-order valence-electron chi connectivity index (χ0n) is 39.8. The minimum Gasteiger partial charge on any atom is -0.481 e. The predicted molar refractivity (Wildman–Crippen MR) is 234 cm³/mol. The Kier molecular flexibility index (Phi) is 15.2. The summed E-state index contributed by atoms with van der Waals surface area (Å²) in [4.78, 5) is 40.3. The van der Waals surface area contributed by atoms with Gasteiger partial charge in [0.05, 0.1) is 53.2 Å². The monoisotopic (exact) mass is 874 g/mol. The highest BCUT2D eigenvalue weighted by Crippen LogP contribution is 2.54. The lowest BCUT2D eigenvalue weighted by Gasteiger charge is -2.55. The SMILES string of the molecule is C#CC(C)(C)OC(=O)N[C@@H]1C=C[C@]2(O[C@H]([C@@H](CC)C(=O)[C@@H](C)[C@@H](O)[C@H](C)C3(C)O[C@@H]([C@@H](CC)C(=O)O)CC[C@@H]3C)[C@@H](C)C[C@H]2C)O[C@@]12CC[C@@](C)([C@H]1CC[C@](O)(CC)[C@H](C)O1)O2. The molecule has 18 atom stereocenters. The van der Waals surface area contributed by atoms with Crippen molar-refractivity contribution >= 4 is 17.8 Å². The van der Waals surface area contributed by atoms with Crippen LogP contribution in [0.2, 0.25) is 0 Å². The number of carboxylic acids is 1. The first-order valence-electron chi connectivity index (χ1n) is 23.5. The maximum atomic E-state index is 14.8. The second-order valence-corrected chi connectivity index (χ2v) is 20.7. The number of Topliss-reactive ketones (excluding diaryl/α,β-unsaturated/α-hetero) is 1. The number of nitrogens with one attached hydrogen (secondary N) is 1. The summed E-state index contributed by atoms with van der Waals surface area (Å²) in [6.45, 7) is 24.7. The molecule has 0 aromatic carbocycles. The Labute approximate surface area is 371 Å². The van der Waals surface area contributed by atoms with Gasteiger partial charge in [-0.1, -0.05) is 67.4 Å². The van der Waals surface area contributed by atoms with E-state index in [2.05, 4.69) is 32.0 Å².